The number of unbranched alkanes of at least 4 members (excludes halogenated alkanes) is 10. The topological polar surface area (TPSA) is 12.9 Å². The number of aryl methyl sites for hydroxylation is 2. The van der Waals surface area contributed by atoms with Gasteiger partial charge in [0.2, 0.25) is 0 Å². The van der Waals surface area contributed by atoms with Gasteiger partial charge in [-0.05, 0) is 106 Å². The van der Waals surface area contributed by atoms with Crippen molar-refractivity contribution in [2.75, 3.05) is 0 Å². The molecule has 0 N–H and O–H groups in total. The molecule has 0 atom stereocenters. The second kappa shape index (κ2) is 16.0. The normalized spacial score (nSPS) is 11.4. The van der Waals surface area contributed by atoms with Crippen LogP contribution in [0.3, 0.4) is 0 Å². The number of rotatable bonds is 16. The number of nitrogens with zero attached hydrogens (tertiary/aromatic N) is 1. The van der Waals surface area contributed by atoms with Crippen molar-refractivity contribution >= 4 is 67.9 Å². The lowest BCUT2D eigenvalue weighted by Crippen LogP contribution is -1.90. The Bertz CT molecular complexity index is 895. The molecule has 0 amide bonds. The van der Waals surface area contributed by atoms with E-state index in [0.717, 1.165) is 5.69 Å². The van der Waals surface area contributed by atoms with Gasteiger partial charge in [-0.1, -0.05) is 78.1 Å². The first-order valence-corrected chi connectivity index (χ1v) is 16.9. The van der Waals surface area contributed by atoms with Gasteiger partial charge in [-0.3, -0.25) is 4.98 Å². The average Bonchev–Trinajstić information content (AvgIpc) is 3.40. The van der Waals surface area contributed by atoms with Crippen LogP contribution in [0.2, 0.25) is 0 Å². The van der Waals surface area contributed by atoms with Crippen LogP contribution in [-0.4, -0.2) is 4.98 Å². The quantitative estimate of drug-likeness (QED) is 0.106. The molecule has 0 aliphatic rings. The average molecular weight is 720 g/mol. The molecule has 0 aliphatic heterocycles. The van der Waals surface area contributed by atoms with Crippen molar-refractivity contribution in [3.8, 4) is 21.0 Å². The number of pyridine rings is 1. The molecule has 5 heteroatoms. The fraction of sp³-hybridized carbons (Fsp3) is 0.552. The summed E-state index contributed by atoms with van der Waals surface area (Å²) in [5, 5.41) is 0. The van der Waals surface area contributed by atoms with Crippen LogP contribution in [0.1, 0.15) is 102 Å². The lowest BCUT2D eigenvalue weighted by molar-refractivity contribution is 0.608. The minimum absolute atomic E-state index is 1.14. The van der Waals surface area contributed by atoms with Crippen molar-refractivity contribution in [2.24, 2.45) is 0 Å². The van der Waals surface area contributed by atoms with Gasteiger partial charge in [0.05, 0.1) is 16.3 Å². The molecule has 0 saturated carbocycles. The first-order valence-electron chi connectivity index (χ1n) is 13.2. The number of thiophene rings is 2. The summed E-state index contributed by atoms with van der Waals surface area (Å²) < 4.78 is 2.75. The number of hydrogen-bond acceptors (Lipinski definition) is 3. The summed E-state index contributed by atoms with van der Waals surface area (Å²) in [4.78, 5) is 7.75. The second-order valence-corrected chi connectivity index (χ2v) is 15.2. The van der Waals surface area contributed by atoms with Crippen molar-refractivity contribution in [3.05, 3.63) is 47.4 Å². The summed E-state index contributed by atoms with van der Waals surface area (Å²) in [6, 6.07) is 9.32. The Morgan fingerprint density at radius 1 is 0.647 bits per heavy atom. The van der Waals surface area contributed by atoms with Crippen LogP contribution in [0.5, 0.6) is 0 Å². The highest BCUT2D eigenvalue weighted by atomic mass is 127. The van der Waals surface area contributed by atoms with E-state index < -0.39 is 0 Å². The van der Waals surface area contributed by atoms with Crippen molar-refractivity contribution < 1.29 is 0 Å². The van der Waals surface area contributed by atoms with E-state index in [1.165, 1.54) is 122 Å². The molecular formula is C29H39I2NS2. The van der Waals surface area contributed by atoms with Gasteiger partial charge in [-0.2, -0.15) is 0 Å². The molecular weight excluding hydrogens is 680 g/mol. The SMILES string of the molecule is CCCCCCCCc1cc(I)sc1-c1ccc(-c2sc(I)cc2CCCCCCCC)nc1. The van der Waals surface area contributed by atoms with Gasteiger partial charge in [-0.15, -0.1) is 22.7 Å². The zero-order valence-corrected chi connectivity index (χ0v) is 26.8. The van der Waals surface area contributed by atoms with Crippen LogP contribution >= 0.6 is 67.9 Å². The minimum atomic E-state index is 1.14. The summed E-state index contributed by atoms with van der Waals surface area (Å²) in [6.45, 7) is 4.57. The molecule has 1 nitrogen and oxygen atoms in total. The van der Waals surface area contributed by atoms with Crippen molar-refractivity contribution in [1.82, 2.24) is 4.98 Å². The van der Waals surface area contributed by atoms with E-state index in [1.807, 2.05) is 22.7 Å². The molecule has 0 radical (unpaired) electrons. The Balaban J connectivity index is 1.62. The third-order valence-corrected chi connectivity index (χ3v) is 10.4. The maximum absolute atomic E-state index is 4.96. The van der Waals surface area contributed by atoms with Crippen molar-refractivity contribution in [1.29, 1.82) is 0 Å². The Labute approximate surface area is 242 Å². The summed E-state index contributed by atoms with van der Waals surface area (Å²) in [5.41, 5.74) is 5.41. The summed E-state index contributed by atoms with van der Waals surface area (Å²) in [6.07, 6.45) is 20.7. The molecule has 0 bridgehead atoms. The fourth-order valence-corrected chi connectivity index (χ4v) is 8.39. The Morgan fingerprint density at radius 3 is 1.68 bits per heavy atom. The lowest BCUT2D eigenvalue weighted by Gasteiger charge is -2.07. The number of halogens is 2. The van der Waals surface area contributed by atoms with Gasteiger partial charge in [0.15, 0.2) is 0 Å². The number of hydrogen-bond donors (Lipinski definition) is 0. The predicted molar refractivity (Wildman–Crippen MR) is 170 cm³/mol. The highest BCUT2D eigenvalue weighted by Gasteiger charge is 2.14. The van der Waals surface area contributed by atoms with Crippen LogP contribution < -0.4 is 0 Å². The van der Waals surface area contributed by atoms with Crippen LogP contribution in [0, 0.1) is 5.77 Å². The summed E-state index contributed by atoms with van der Waals surface area (Å²) in [7, 11) is 0. The van der Waals surface area contributed by atoms with E-state index in [1.54, 1.807) is 0 Å². The Kier molecular flexibility index (Phi) is 13.4. The Morgan fingerprint density at radius 2 is 1.15 bits per heavy atom. The molecule has 3 aromatic rings. The maximum atomic E-state index is 4.96. The van der Waals surface area contributed by atoms with E-state index in [0.29, 0.717) is 0 Å². The summed E-state index contributed by atoms with van der Waals surface area (Å²) in [5.74, 6) is 0. The minimum Gasteiger partial charge on any atom is -0.255 e. The molecule has 0 aromatic carbocycles. The molecule has 186 valence electrons. The van der Waals surface area contributed by atoms with Gasteiger partial charge in [0.25, 0.3) is 0 Å². The van der Waals surface area contributed by atoms with Crippen LogP contribution in [0.4, 0.5) is 0 Å². The molecule has 34 heavy (non-hydrogen) atoms. The van der Waals surface area contributed by atoms with E-state index in [-0.39, 0.29) is 0 Å². The third-order valence-electron chi connectivity index (χ3n) is 6.42. The van der Waals surface area contributed by atoms with Crippen LogP contribution in [0.15, 0.2) is 30.5 Å². The lowest BCUT2D eigenvalue weighted by atomic mass is 10.0. The van der Waals surface area contributed by atoms with Crippen LogP contribution in [0.25, 0.3) is 21.0 Å². The smallest absolute Gasteiger partial charge is 0.0805 e. The fourth-order valence-electron chi connectivity index (χ4n) is 4.48. The van der Waals surface area contributed by atoms with Gasteiger partial charge in [0, 0.05) is 16.6 Å². The molecule has 0 saturated heterocycles. The van der Waals surface area contributed by atoms with Crippen molar-refractivity contribution in [3.63, 3.8) is 0 Å². The first-order chi connectivity index (χ1) is 16.6. The van der Waals surface area contributed by atoms with Gasteiger partial charge in [0.1, 0.15) is 0 Å². The van der Waals surface area contributed by atoms with E-state index >= 15 is 0 Å². The first kappa shape index (κ1) is 28.6. The molecule has 3 heterocycles. The third kappa shape index (κ3) is 9.15. The molecule has 0 unspecified atom stereocenters. The molecule has 3 aromatic heterocycles. The zero-order valence-electron chi connectivity index (χ0n) is 20.8. The molecule has 3 rings (SSSR count). The highest BCUT2D eigenvalue weighted by molar-refractivity contribution is 14.1. The second-order valence-electron chi connectivity index (χ2n) is 9.28. The van der Waals surface area contributed by atoms with E-state index in [4.69, 9.17) is 4.98 Å². The molecule has 0 fully saturated rings. The van der Waals surface area contributed by atoms with Gasteiger partial charge in [-0.25, -0.2) is 0 Å². The van der Waals surface area contributed by atoms with Crippen molar-refractivity contribution in [2.45, 2.75) is 104 Å². The molecule has 0 spiro atoms. The van der Waals surface area contributed by atoms with Gasteiger partial charge >= 0.3 is 0 Å². The predicted octanol–water partition coefficient (Wildman–Crippen LogP) is 11.6. The number of aromatic nitrogens is 1. The molecule has 0 aliphatic carbocycles. The van der Waals surface area contributed by atoms with E-state index in [9.17, 15) is 0 Å². The zero-order chi connectivity index (χ0) is 24.2. The summed E-state index contributed by atoms with van der Waals surface area (Å²) >= 11 is 8.76. The standard InChI is InChI=1S/C29H39I2NS2/c1-3-5-7-9-11-13-15-22-19-26(30)33-28(22)24-17-18-25(32-21-24)29-23(20-27(31)34-29)16-14-12-10-8-6-4-2/h17-21H,3-16H2,1-2H3. The Hall–Kier alpha value is 0.01000. The van der Waals surface area contributed by atoms with Crippen LogP contribution in [-0.2, 0) is 12.8 Å². The monoisotopic (exact) mass is 719 g/mol. The highest BCUT2D eigenvalue weighted by Crippen LogP contribution is 2.37. The maximum Gasteiger partial charge on any atom is 0.0805 e. The van der Waals surface area contributed by atoms with E-state index in [2.05, 4.69) is 89.5 Å². The van der Waals surface area contributed by atoms with Gasteiger partial charge < -0.3 is 0 Å². The largest absolute Gasteiger partial charge is 0.255 e.